The average molecular weight is 248 g/mol. The summed E-state index contributed by atoms with van der Waals surface area (Å²) in [7, 11) is 0. The van der Waals surface area contributed by atoms with Crippen LogP contribution in [0.4, 0.5) is 0 Å². The van der Waals surface area contributed by atoms with E-state index in [1.165, 1.54) is 0 Å². The topological polar surface area (TPSA) is 54.4 Å². The predicted octanol–water partition coefficient (Wildman–Crippen LogP) is 3.41. The molecule has 1 aromatic carbocycles. The molecule has 18 heavy (non-hydrogen) atoms. The molecule has 0 fully saturated rings. The number of hydrogen-bond donors (Lipinski definition) is 1. The molecule has 0 heterocycles. The fourth-order valence-electron chi connectivity index (χ4n) is 1.88. The maximum atomic E-state index is 12.2. The zero-order valence-corrected chi connectivity index (χ0v) is 11.4. The summed E-state index contributed by atoms with van der Waals surface area (Å²) in [5.41, 5.74) is 2.66. The molecule has 0 aliphatic heterocycles. The number of ketones is 1. The van der Waals surface area contributed by atoms with Gasteiger partial charge >= 0.3 is 5.97 Å². The lowest BCUT2D eigenvalue weighted by Gasteiger charge is -2.13. The lowest BCUT2D eigenvalue weighted by atomic mass is 9.90. The molecule has 0 aromatic heterocycles. The normalized spacial score (nSPS) is 12.5. The summed E-state index contributed by atoms with van der Waals surface area (Å²) in [6, 6.07) is 5.83. The quantitative estimate of drug-likeness (QED) is 0.812. The Morgan fingerprint density at radius 3 is 2.33 bits per heavy atom. The van der Waals surface area contributed by atoms with Gasteiger partial charge < -0.3 is 5.11 Å². The fraction of sp³-hybridized carbons (Fsp3) is 0.467. The van der Waals surface area contributed by atoms with Crippen molar-refractivity contribution < 1.29 is 14.7 Å². The standard InChI is InChI=1S/C15H20O3/c1-9(2)12-6-5-10(3)13(8-12)15(18)11(4)7-14(16)17/h5-6,8-9,11H,7H2,1-4H3,(H,16,17). The van der Waals surface area contributed by atoms with Crippen LogP contribution in [0.25, 0.3) is 0 Å². The Kier molecular flexibility index (Phi) is 4.65. The smallest absolute Gasteiger partial charge is 0.304 e. The van der Waals surface area contributed by atoms with E-state index in [2.05, 4.69) is 13.8 Å². The van der Waals surface area contributed by atoms with Gasteiger partial charge in [0.05, 0.1) is 6.42 Å². The van der Waals surface area contributed by atoms with Gasteiger partial charge in [-0.05, 0) is 30.0 Å². The third-order valence-corrected chi connectivity index (χ3v) is 3.12. The van der Waals surface area contributed by atoms with Crippen LogP contribution in [0.15, 0.2) is 18.2 Å². The average Bonchev–Trinajstić information content (AvgIpc) is 2.27. The van der Waals surface area contributed by atoms with Crippen molar-refractivity contribution in [2.75, 3.05) is 0 Å². The Morgan fingerprint density at radius 1 is 1.22 bits per heavy atom. The zero-order valence-electron chi connectivity index (χ0n) is 11.4. The van der Waals surface area contributed by atoms with Gasteiger partial charge in [0.1, 0.15) is 0 Å². The minimum absolute atomic E-state index is 0.0857. The van der Waals surface area contributed by atoms with Crippen molar-refractivity contribution in [3.63, 3.8) is 0 Å². The molecule has 0 spiro atoms. The molecule has 1 rings (SSSR count). The highest BCUT2D eigenvalue weighted by Gasteiger charge is 2.20. The monoisotopic (exact) mass is 248 g/mol. The minimum atomic E-state index is -0.937. The number of aryl methyl sites for hydroxylation is 1. The van der Waals surface area contributed by atoms with Gasteiger partial charge in [0, 0.05) is 11.5 Å². The van der Waals surface area contributed by atoms with Crippen LogP contribution in [0.2, 0.25) is 0 Å². The molecule has 1 atom stereocenters. The molecule has 0 amide bonds. The number of hydrogen-bond acceptors (Lipinski definition) is 2. The molecule has 0 bridgehead atoms. The van der Waals surface area contributed by atoms with Gasteiger partial charge in [-0.25, -0.2) is 0 Å². The molecule has 3 heteroatoms. The summed E-state index contributed by atoms with van der Waals surface area (Å²) in [5.74, 6) is -1.15. The second-order valence-corrected chi connectivity index (χ2v) is 5.09. The van der Waals surface area contributed by atoms with Crippen molar-refractivity contribution >= 4 is 11.8 Å². The number of carbonyl (C=O) groups is 2. The SMILES string of the molecule is Cc1ccc(C(C)C)cc1C(=O)C(C)CC(=O)O. The molecule has 0 aliphatic rings. The molecule has 0 saturated carbocycles. The Morgan fingerprint density at radius 2 is 1.83 bits per heavy atom. The number of carboxylic acid groups (broad SMARTS) is 1. The Labute approximate surface area is 108 Å². The van der Waals surface area contributed by atoms with Crippen LogP contribution in [-0.4, -0.2) is 16.9 Å². The number of Topliss-reactive ketones (excluding diaryl/α,β-unsaturated/α-hetero) is 1. The third-order valence-electron chi connectivity index (χ3n) is 3.12. The van der Waals surface area contributed by atoms with Gasteiger partial charge in [0.2, 0.25) is 0 Å². The van der Waals surface area contributed by atoms with Crippen LogP contribution in [-0.2, 0) is 4.79 Å². The summed E-state index contributed by atoms with van der Waals surface area (Å²) < 4.78 is 0. The number of rotatable bonds is 5. The Balaban J connectivity index is 3.04. The molecular weight excluding hydrogens is 228 g/mol. The van der Waals surface area contributed by atoms with Crippen molar-refractivity contribution in [3.05, 3.63) is 34.9 Å². The number of carboxylic acids is 1. The molecule has 1 unspecified atom stereocenters. The van der Waals surface area contributed by atoms with Crippen LogP contribution < -0.4 is 0 Å². The summed E-state index contributed by atoms with van der Waals surface area (Å²) in [6.45, 7) is 7.68. The van der Waals surface area contributed by atoms with Gasteiger partial charge in [0.25, 0.3) is 0 Å². The molecular formula is C15H20O3. The van der Waals surface area contributed by atoms with Gasteiger partial charge in [-0.15, -0.1) is 0 Å². The van der Waals surface area contributed by atoms with Crippen molar-refractivity contribution in [2.45, 2.75) is 40.0 Å². The van der Waals surface area contributed by atoms with Crippen molar-refractivity contribution in [3.8, 4) is 0 Å². The maximum absolute atomic E-state index is 12.2. The van der Waals surface area contributed by atoms with Gasteiger partial charge in [-0.1, -0.05) is 32.9 Å². The highest BCUT2D eigenvalue weighted by molar-refractivity contribution is 6.00. The second-order valence-electron chi connectivity index (χ2n) is 5.09. The third kappa shape index (κ3) is 3.42. The van der Waals surface area contributed by atoms with Gasteiger partial charge in [-0.2, -0.15) is 0 Å². The van der Waals surface area contributed by atoms with E-state index in [-0.39, 0.29) is 12.2 Å². The molecule has 0 aliphatic carbocycles. The van der Waals surface area contributed by atoms with Crippen LogP contribution in [0, 0.1) is 12.8 Å². The molecule has 98 valence electrons. The first kappa shape index (κ1) is 14.4. The molecule has 3 nitrogen and oxygen atoms in total. The van der Waals surface area contributed by atoms with Crippen molar-refractivity contribution in [1.29, 1.82) is 0 Å². The summed E-state index contributed by atoms with van der Waals surface area (Å²) in [5, 5.41) is 8.74. The van der Waals surface area contributed by atoms with E-state index in [4.69, 9.17) is 5.11 Å². The number of aliphatic carboxylic acids is 1. The van der Waals surface area contributed by atoms with E-state index >= 15 is 0 Å². The van der Waals surface area contributed by atoms with Gasteiger partial charge in [0.15, 0.2) is 5.78 Å². The molecule has 1 aromatic rings. The lowest BCUT2D eigenvalue weighted by molar-refractivity contribution is -0.137. The van der Waals surface area contributed by atoms with Crippen molar-refractivity contribution in [1.82, 2.24) is 0 Å². The first-order chi connectivity index (χ1) is 8.32. The lowest BCUT2D eigenvalue weighted by Crippen LogP contribution is -2.16. The summed E-state index contributed by atoms with van der Waals surface area (Å²) in [4.78, 5) is 22.9. The first-order valence-electron chi connectivity index (χ1n) is 6.19. The van der Waals surface area contributed by atoms with Crippen molar-refractivity contribution in [2.24, 2.45) is 5.92 Å². The van der Waals surface area contributed by atoms with Crippen LogP contribution >= 0.6 is 0 Å². The van der Waals surface area contributed by atoms with E-state index < -0.39 is 11.9 Å². The molecule has 1 N–H and O–H groups in total. The van der Waals surface area contributed by atoms with Crippen LogP contribution in [0.1, 0.15) is 54.6 Å². The highest BCUT2D eigenvalue weighted by atomic mass is 16.4. The van der Waals surface area contributed by atoms with Crippen LogP contribution in [0.3, 0.4) is 0 Å². The summed E-state index contributed by atoms with van der Waals surface area (Å²) >= 11 is 0. The number of carbonyl (C=O) groups excluding carboxylic acids is 1. The predicted molar refractivity (Wildman–Crippen MR) is 71.0 cm³/mol. The van der Waals surface area contributed by atoms with Crippen LogP contribution in [0.5, 0.6) is 0 Å². The fourth-order valence-corrected chi connectivity index (χ4v) is 1.88. The zero-order chi connectivity index (χ0) is 13.9. The molecule has 0 saturated heterocycles. The Bertz CT molecular complexity index is 461. The Hall–Kier alpha value is -1.64. The van der Waals surface area contributed by atoms with E-state index in [1.54, 1.807) is 6.92 Å². The first-order valence-corrected chi connectivity index (χ1v) is 6.19. The maximum Gasteiger partial charge on any atom is 0.304 e. The highest BCUT2D eigenvalue weighted by Crippen LogP contribution is 2.22. The largest absolute Gasteiger partial charge is 0.481 e. The molecule has 0 radical (unpaired) electrons. The second kappa shape index (κ2) is 5.80. The summed E-state index contributed by atoms with van der Waals surface area (Å²) in [6.07, 6.45) is -0.121. The van der Waals surface area contributed by atoms with E-state index in [9.17, 15) is 9.59 Å². The minimum Gasteiger partial charge on any atom is -0.481 e. The van der Waals surface area contributed by atoms with Gasteiger partial charge in [-0.3, -0.25) is 9.59 Å². The number of benzene rings is 1. The van der Waals surface area contributed by atoms with E-state index in [1.807, 2.05) is 25.1 Å². The van der Waals surface area contributed by atoms with E-state index in [0.29, 0.717) is 11.5 Å². The van der Waals surface area contributed by atoms with E-state index in [0.717, 1.165) is 11.1 Å².